The molecule has 0 aliphatic rings. The van der Waals surface area contributed by atoms with Crippen LogP contribution in [0, 0.1) is 0 Å². The molecule has 0 aromatic rings. The normalized spacial score (nSPS) is 11.4. The van der Waals surface area contributed by atoms with Crippen molar-refractivity contribution in [3.8, 4) is 0 Å². The van der Waals surface area contributed by atoms with Crippen LogP contribution in [0.25, 0.3) is 21.3 Å². The smallest absolute Gasteiger partial charge is 0 e. The topological polar surface area (TPSA) is 56.4 Å². The molecule has 0 bridgehead atoms. The molecule has 0 heterocycles. The average Bonchev–Trinajstić information content (AvgIpc) is 2.11. The van der Waals surface area contributed by atoms with Gasteiger partial charge in [0.15, 0.2) is 0 Å². The summed E-state index contributed by atoms with van der Waals surface area (Å²) in [7, 11) is 0. The predicted octanol–water partition coefficient (Wildman–Crippen LogP) is 5.79. The number of rotatable bonds is 8. The fourth-order valence-electron chi connectivity index (χ4n) is 1.80. The molecule has 0 unspecified atom stereocenters. The van der Waals surface area contributed by atoms with E-state index in [9.17, 15) is 0 Å². The summed E-state index contributed by atoms with van der Waals surface area (Å²) >= 11 is 0. The van der Waals surface area contributed by atoms with Gasteiger partial charge in [0.05, 0.1) is 0 Å². The Hall–Kier alpha value is 0.346. The SMILES string of the molecule is CC(C)[N-]C(C)[N-]C(C)C.CC(C)[N-]C(C)[N-]C(C)C.[Co]. The second-order valence-electron chi connectivity index (χ2n) is 6.24. The minimum atomic E-state index is 0. The van der Waals surface area contributed by atoms with Crippen LogP contribution in [0.1, 0.15) is 69.2 Å². The van der Waals surface area contributed by atoms with Crippen LogP contribution in [-0.4, -0.2) is 36.5 Å². The Morgan fingerprint density at radius 2 is 0.524 bits per heavy atom. The molecule has 1 radical (unpaired) electrons. The number of nitrogens with zero attached hydrogens (tertiary/aromatic N) is 4. The Bertz CT molecular complexity index is 166. The van der Waals surface area contributed by atoms with Crippen LogP contribution in [-0.2, 0) is 16.8 Å². The van der Waals surface area contributed by atoms with Crippen LogP contribution in [0.2, 0.25) is 0 Å². The Balaban J connectivity index is -0.000000295. The van der Waals surface area contributed by atoms with E-state index in [4.69, 9.17) is 0 Å². The quantitative estimate of drug-likeness (QED) is 0.535. The van der Waals surface area contributed by atoms with E-state index < -0.39 is 0 Å². The van der Waals surface area contributed by atoms with E-state index in [0.29, 0.717) is 24.2 Å². The molecule has 21 heavy (non-hydrogen) atoms. The molecule has 0 aromatic heterocycles. The molecule has 0 amide bonds. The average molecular weight is 343 g/mol. The van der Waals surface area contributed by atoms with Crippen LogP contribution in [0.3, 0.4) is 0 Å². The first-order valence-corrected chi connectivity index (χ1v) is 7.84. The van der Waals surface area contributed by atoms with Gasteiger partial charge in [-0.2, -0.15) is 0 Å². The first kappa shape index (κ1) is 26.3. The first-order valence-electron chi connectivity index (χ1n) is 7.84. The molecular weight excluding hydrogens is 307 g/mol. The predicted molar refractivity (Wildman–Crippen MR) is 92.9 cm³/mol. The minimum absolute atomic E-state index is 0. The third-order valence-electron chi connectivity index (χ3n) is 2.06. The van der Waals surface area contributed by atoms with Gasteiger partial charge in [0, 0.05) is 16.8 Å². The zero-order valence-corrected chi connectivity index (χ0v) is 16.6. The summed E-state index contributed by atoms with van der Waals surface area (Å²) in [5.41, 5.74) is 0. The molecule has 0 saturated carbocycles. The second kappa shape index (κ2) is 15.3. The van der Waals surface area contributed by atoms with Gasteiger partial charge in [-0.15, -0.1) is 38.0 Å². The molecule has 0 aromatic carbocycles. The molecular formula is C16H36CoN4-4. The molecule has 0 spiro atoms. The van der Waals surface area contributed by atoms with Crippen molar-refractivity contribution in [2.45, 2.75) is 106 Å². The largest absolute Gasteiger partial charge is 0.676 e. The fraction of sp³-hybridized carbons (Fsp3) is 1.00. The molecule has 0 aliphatic carbocycles. The summed E-state index contributed by atoms with van der Waals surface area (Å²) < 4.78 is 0. The number of hydrogen-bond donors (Lipinski definition) is 0. The van der Waals surface area contributed by atoms with E-state index in [1.165, 1.54) is 0 Å². The van der Waals surface area contributed by atoms with E-state index in [1.54, 1.807) is 0 Å². The van der Waals surface area contributed by atoms with Crippen LogP contribution >= 0.6 is 0 Å². The molecule has 133 valence electrons. The summed E-state index contributed by atoms with van der Waals surface area (Å²) in [5, 5.41) is 17.4. The van der Waals surface area contributed by atoms with Gasteiger partial charge in [-0.25, -0.2) is 12.3 Å². The Morgan fingerprint density at radius 3 is 0.619 bits per heavy atom. The van der Waals surface area contributed by atoms with Gasteiger partial charge in [0.25, 0.3) is 0 Å². The van der Waals surface area contributed by atoms with Crippen LogP contribution in [0.4, 0.5) is 0 Å². The third kappa shape index (κ3) is 25.6. The standard InChI is InChI=1S/2C8H18N2.Co/c2*1-6(2)9-8(5)10-7(3)4;/h2*6-8H,1-5H3;/q2*-2;. The van der Waals surface area contributed by atoms with Gasteiger partial charge < -0.3 is 21.3 Å². The summed E-state index contributed by atoms with van der Waals surface area (Å²) in [5.74, 6) is 0. The van der Waals surface area contributed by atoms with E-state index in [-0.39, 0.29) is 29.1 Å². The van der Waals surface area contributed by atoms with Crippen molar-refractivity contribution >= 4 is 0 Å². The fourth-order valence-corrected chi connectivity index (χ4v) is 1.80. The van der Waals surface area contributed by atoms with E-state index >= 15 is 0 Å². The molecule has 0 rings (SSSR count). The zero-order valence-electron chi connectivity index (χ0n) is 15.6. The van der Waals surface area contributed by atoms with Crippen molar-refractivity contribution in [1.29, 1.82) is 0 Å². The maximum absolute atomic E-state index is 4.35. The summed E-state index contributed by atoms with van der Waals surface area (Å²) in [6.07, 6.45) is 0.333. The van der Waals surface area contributed by atoms with Crippen molar-refractivity contribution in [2.24, 2.45) is 0 Å². The van der Waals surface area contributed by atoms with E-state index in [2.05, 4.69) is 76.7 Å². The van der Waals surface area contributed by atoms with Crippen molar-refractivity contribution < 1.29 is 16.8 Å². The maximum Gasteiger partial charge on any atom is 0 e. The molecule has 0 aliphatic heterocycles. The number of hydrogen-bond acceptors (Lipinski definition) is 0. The van der Waals surface area contributed by atoms with Crippen LogP contribution < -0.4 is 0 Å². The van der Waals surface area contributed by atoms with Crippen molar-refractivity contribution in [2.75, 3.05) is 0 Å². The van der Waals surface area contributed by atoms with Crippen molar-refractivity contribution in [3.05, 3.63) is 21.3 Å². The molecule has 0 fully saturated rings. The molecule has 0 atom stereocenters. The van der Waals surface area contributed by atoms with Gasteiger partial charge >= 0.3 is 0 Å². The van der Waals surface area contributed by atoms with Gasteiger partial charge in [0.2, 0.25) is 0 Å². The zero-order chi connectivity index (χ0) is 16.3. The van der Waals surface area contributed by atoms with E-state index in [1.807, 2.05) is 13.8 Å². The summed E-state index contributed by atoms with van der Waals surface area (Å²) in [6.45, 7) is 20.7. The first-order chi connectivity index (χ1) is 9.04. The Labute approximate surface area is 144 Å². The monoisotopic (exact) mass is 343 g/mol. The second-order valence-corrected chi connectivity index (χ2v) is 6.24. The minimum Gasteiger partial charge on any atom is -0.676 e. The summed E-state index contributed by atoms with van der Waals surface area (Å²) in [4.78, 5) is 0. The van der Waals surface area contributed by atoms with Crippen molar-refractivity contribution in [1.82, 2.24) is 0 Å². The van der Waals surface area contributed by atoms with Gasteiger partial charge in [0.1, 0.15) is 0 Å². The third-order valence-corrected chi connectivity index (χ3v) is 2.06. The van der Waals surface area contributed by atoms with E-state index in [0.717, 1.165) is 0 Å². The molecule has 0 N–H and O–H groups in total. The van der Waals surface area contributed by atoms with Gasteiger partial charge in [-0.1, -0.05) is 55.4 Å². The molecule has 5 heteroatoms. The van der Waals surface area contributed by atoms with Gasteiger partial charge in [-0.05, 0) is 0 Å². The Kier molecular flexibility index (Phi) is 19.1. The van der Waals surface area contributed by atoms with Gasteiger partial charge in [-0.3, -0.25) is 0 Å². The van der Waals surface area contributed by atoms with Crippen LogP contribution in [0.5, 0.6) is 0 Å². The maximum atomic E-state index is 4.35. The molecule has 0 saturated heterocycles. The molecule has 4 nitrogen and oxygen atoms in total. The van der Waals surface area contributed by atoms with Crippen molar-refractivity contribution in [3.63, 3.8) is 0 Å². The summed E-state index contributed by atoms with van der Waals surface area (Å²) in [6, 6.07) is 1.60. The Morgan fingerprint density at radius 1 is 0.381 bits per heavy atom. The van der Waals surface area contributed by atoms with Crippen LogP contribution in [0.15, 0.2) is 0 Å².